The van der Waals surface area contributed by atoms with Crippen molar-refractivity contribution in [2.75, 3.05) is 23.7 Å². The molecule has 0 radical (unpaired) electrons. The van der Waals surface area contributed by atoms with Crippen molar-refractivity contribution in [1.29, 1.82) is 0 Å². The Bertz CT molecular complexity index is 1280. The lowest BCUT2D eigenvalue weighted by molar-refractivity contribution is 0.169. The number of pyridine rings is 2. The molecule has 0 bridgehead atoms. The maximum Gasteiger partial charge on any atom is 0.147 e. The molecule has 2 aliphatic rings. The number of piperidine rings is 1. The standard InChI is InChI=1S/C25H30ClN7OS2/c1-24(2,36(28)34)13-17-22-16(4-3-8-29-22)12-25(17)6-10-33(11-7-25)19-14-32-20(15-31-19)35-18-5-9-30-23(27)21(18)26/h3-5,8-9,14-15,17H,6-7,10-13,28H2,1-2H3,(H2,27,30)/t17-,36?/m1/s1. The Morgan fingerprint density at radius 1 is 1.17 bits per heavy atom. The van der Waals surface area contributed by atoms with Gasteiger partial charge in [-0.3, -0.25) is 10.1 Å². The number of rotatable bonds is 6. The molecule has 0 saturated carbocycles. The van der Waals surface area contributed by atoms with E-state index in [4.69, 9.17) is 32.4 Å². The highest BCUT2D eigenvalue weighted by atomic mass is 35.5. The van der Waals surface area contributed by atoms with Gasteiger partial charge in [0.15, 0.2) is 0 Å². The van der Waals surface area contributed by atoms with E-state index < -0.39 is 15.7 Å². The van der Waals surface area contributed by atoms with Gasteiger partial charge in [0.05, 0.1) is 33.1 Å². The molecule has 1 fully saturated rings. The second kappa shape index (κ2) is 9.89. The molecule has 1 saturated heterocycles. The van der Waals surface area contributed by atoms with Gasteiger partial charge in [-0.25, -0.2) is 19.2 Å². The van der Waals surface area contributed by atoms with Crippen LogP contribution in [0.5, 0.6) is 0 Å². The van der Waals surface area contributed by atoms with E-state index in [2.05, 4.69) is 20.9 Å². The van der Waals surface area contributed by atoms with Crippen LogP contribution < -0.4 is 15.8 Å². The number of nitrogens with zero attached hydrogens (tertiary/aromatic N) is 5. The lowest BCUT2D eigenvalue weighted by Crippen LogP contribution is -2.45. The zero-order chi connectivity index (χ0) is 25.5. The maximum absolute atomic E-state index is 12.3. The first kappa shape index (κ1) is 25.4. The van der Waals surface area contributed by atoms with Gasteiger partial charge in [-0.15, -0.1) is 0 Å². The zero-order valence-corrected chi connectivity index (χ0v) is 22.7. The summed E-state index contributed by atoms with van der Waals surface area (Å²) in [6, 6.07) is 6.02. The summed E-state index contributed by atoms with van der Waals surface area (Å²) in [5.41, 5.74) is 8.36. The van der Waals surface area contributed by atoms with Gasteiger partial charge in [0.2, 0.25) is 0 Å². The van der Waals surface area contributed by atoms with Crippen molar-refractivity contribution < 1.29 is 4.21 Å². The van der Waals surface area contributed by atoms with Gasteiger partial charge in [0.1, 0.15) is 16.7 Å². The molecular formula is C25H30ClN7OS2. The van der Waals surface area contributed by atoms with Gasteiger partial charge in [-0.1, -0.05) is 29.4 Å². The lowest BCUT2D eigenvalue weighted by Gasteiger charge is -2.45. The Morgan fingerprint density at radius 3 is 2.64 bits per heavy atom. The van der Waals surface area contributed by atoms with E-state index in [0.29, 0.717) is 10.8 Å². The van der Waals surface area contributed by atoms with Crippen LogP contribution in [0.4, 0.5) is 11.6 Å². The summed E-state index contributed by atoms with van der Waals surface area (Å²) in [6.45, 7) is 5.75. The minimum atomic E-state index is -1.40. The number of nitrogens with two attached hydrogens (primary N) is 2. The second-order valence-corrected chi connectivity index (χ2v) is 13.4. The van der Waals surface area contributed by atoms with E-state index in [1.165, 1.54) is 17.3 Å². The average Bonchev–Trinajstić information content (AvgIpc) is 3.15. The third-order valence-corrected chi connectivity index (χ3v) is 10.3. The number of hydrogen-bond donors (Lipinski definition) is 2. The van der Waals surface area contributed by atoms with Crippen LogP contribution in [0.15, 0.2) is 52.9 Å². The lowest BCUT2D eigenvalue weighted by atomic mass is 9.67. The van der Waals surface area contributed by atoms with Gasteiger partial charge in [0.25, 0.3) is 0 Å². The maximum atomic E-state index is 12.3. The van der Waals surface area contributed by atoms with Crippen LogP contribution in [-0.2, 0) is 17.4 Å². The molecule has 0 amide bonds. The van der Waals surface area contributed by atoms with Crippen molar-refractivity contribution in [1.82, 2.24) is 19.9 Å². The van der Waals surface area contributed by atoms with E-state index in [0.717, 1.165) is 60.2 Å². The first-order chi connectivity index (χ1) is 17.2. The van der Waals surface area contributed by atoms with E-state index in [9.17, 15) is 4.21 Å². The molecule has 0 aromatic carbocycles. The summed E-state index contributed by atoms with van der Waals surface area (Å²) >= 11 is 7.68. The third kappa shape index (κ3) is 4.83. The minimum absolute atomic E-state index is 0.0884. The van der Waals surface area contributed by atoms with Crippen molar-refractivity contribution in [3.8, 4) is 0 Å². The third-order valence-electron chi connectivity index (χ3n) is 7.57. The van der Waals surface area contributed by atoms with Gasteiger partial charge in [0, 0.05) is 42.0 Å². The Morgan fingerprint density at radius 2 is 1.94 bits per heavy atom. The zero-order valence-electron chi connectivity index (χ0n) is 20.4. The van der Waals surface area contributed by atoms with E-state index in [1.54, 1.807) is 12.4 Å². The predicted molar refractivity (Wildman–Crippen MR) is 145 cm³/mol. The fourth-order valence-corrected chi connectivity index (χ4v) is 6.78. The Hall–Kier alpha value is -2.27. The van der Waals surface area contributed by atoms with Crippen LogP contribution in [0.1, 0.15) is 50.3 Å². The van der Waals surface area contributed by atoms with Crippen LogP contribution in [0, 0.1) is 5.41 Å². The van der Waals surface area contributed by atoms with E-state index in [-0.39, 0.29) is 11.3 Å². The highest BCUT2D eigenvalue weighted by molar-refractivity contribution is 7.99. The molecule has 36 heavy (non-hydrogen) atoms. The molecule has 1 aliphatic heterocycles. The summed E-state index contributed by atoms with van der Waals surface area (Å²) in [4.78, 5) is 21.2. The van der Waals surface area contributed by atoms with Gasteiger partial charge in [-0.05, 0) is 62.6 Å². The quantitative estimate of drug-likeness (QED) is 0.469. The van der Waals surface area contributed by atoms with Crippen molar-refractivity contribution in [3.63, 3.8) is 0 Å². The van der Waals surface area contributed by atoms with Crippen molar-refractivity contribution in [2.24, 2.45) is 10.6 Å². The van der Waals surface area contributed by atoms with E-state index in [1.807, 2.05) is 38.4 Å². The second-order valence-electron chi connectivity index (χ2n) is 10.2. The molecule has 3 aromatic heterocycles. The Balaban J connectivity index is 1.30. The molecule has 11 heteroatoms. The van der Waals surface area contributed by atoms with Gasteiger partial charge in [-0.2, -0.15) is 0 Å². The smallest absolute Gasteiger partial charge is 0.147 e. The topological polar surface area (TPSA) is 124 Å². The van der Waals surface area contributed by atoms with Crippen LogP contribution in [0.3, 0.4) is 0 Å². The SMILES string of the molecule is CC(C)(C[C@@H]1c2ncccc2CC12CCN(c1cnc(Sc3ccnc(N)c3Cl)cn1)CC2)S(N)=O. The monoisotopic (exact) mass is 543 g/mol. The number of anilines is 2. The largest absolute Gasteiger partial charge is 0.382 e. The number of hydrogen-bond acceptors (Lipinski definition) is 8. The van der Waals surface area contributed by atoms with Crippen molar-refractivity contribution >= 4 is 46.0 Å². The average molecular weight is 544 g/mol. The van der Waals surface area contributed by atoms with E-state index >= 15 is 0 Å². The molecule has 3 aromatic rings. The molecule has 190 valence electrons. The van der Waals surface area contributed by atoms with Crippen LogP contribution >= 0.6 is 23.4 Å². The molecule has 4 N–H and O–H groups in total. The molecule has 8 nitrogen and oxygen atoms in total. The normalized spacial score (nSPS) is 19.9. The first-order valence-corrected chi connectivity index (χ1v) is 14.3. The van der Waals surface area contributed by atoms with Crippen molar-refractivity contribution in [3.05, 3.63) is 59.3 Å². The highest BCUT2D eigenvalue weighted by Gasteiger charge is 2.50. The van der Waals surface area contributed by atoms with Gasteiger partial charge < -0.3 is 10.6 Å². The van der Waals surface area contributed by atoms with Crippen LogP contribution in [-0.4, -0.2) is 42.0 Å². The summed E-state index contributed by atoms with van der Waals surface area (Å²) in [6.07, 6.45) is 10.9. The number of halogens is 1. The molecular weight excluding hydrogens is 514 g/mol. The van der Waals surface area contributed by atoms with Gasteiger partial charge >= 0.3 is 0 Å². The first-order valence-electron chi connectivity index (χ1n) is 11.9. The minimum Gasteiger partial charge on any atom is -0.382 e. The Kier molecular flexibility index (Phi) is 6.97. The molecule has 1 unspecified atom stereocenters. The number of aromatic nitrogens is 4. The number of fused-ring (bicyclic) bond motifs is 1. The van der Waals surface area contributed by atoms with Crippen LogP contribution in [0.25, 0.3) is 0 Å². The summed E-state index contributed by atoms with van der Waals surface area (Å²) in [5, 5.41) is 7.04. The molecule has 4 heterocycles. The molecule has 5 rings (SSSR count). The fourth-order valence-electron chi connectivity index (χ4n) is 5.46. The highest BCUT2D eigenvalue weighted by Crippen LogP contribution is 2.55. The Labute approximate surface area is 223 Å². The summed E-state index contributed by atoms with van der Waals surface area (Å²) < 4.78 is 11.8. The fraction of sp³-hybridized carbons (Fsp3) is 0.440. The predicted octanol–water partition coefficient (Wildman–Crippen LogP) is 4.37. The van der Waals surface area contributed by atoms with Crippen molar-refractivity contribution in [2.45, 2.75) is 60.1 Å². The summed E-state index contributed by atoms with van der Waals surface area (Å²) in [5.74, 6) is 1.40. The summed E-state index contributed by atoms with van der Waals surface area (Å²) in [7, 11) is -1.40. The van der Waals surface area contributed by atoms with Crippen LogP contribution in [0.2, 0.25) is 5.02 Å². The molecule has 2 atom stereocenters. The number of nitrogen functional groups attached to an aromatic ring is 1. The molecule has 1 spiro atoms. The molecule has 1 aliphatic carbocycles.